The van der Waals surface area contributed by atoms with Crippen molar-refractivity contribution in [1.82, 2.24) is 4.98 Å². The number of hydrogen-bond acceptors (Lipinski definition) is 1. The average Bonchev–Trinajstić information content (AvgIpc) is 2.56. The average molecular weight is 203 g/mol. The van der Waals surface area contributed by atoms with Crippen LogP contribution in [0.15, 0.2) is 24.4 Å². The highest BCUT2D eigenvalue weighted by atomic mass is 14.7. The maximum Gasteiger partial charge on any atom is 0.0403 e. The van der Waals surface area contributed by atoms with Gasteiger partial charge in [-0.05, 0) is 30.9 Å². The maximum absolute atomic E-state index is 4.39. The number of pyridine rings is 1. The lowest BCUT2D eigenvalue weighted by atomic mass is 9.94. The van der Waals surface area contributed by atoms with Gasteiger partial charge in [-0.25, -0.2) is 0 Å². The molecule has 0 bridgehead atoms. The van der Waals surface area contributed by atoms with Gasteiger partial charge in [0.25, 0.3) is 0 Å². The van der Waals surface area contributed by atoms with Gasteiger partial charge in [0.05, 0.1) is 0 Å². The Bertz CT molecular complexity index is 260. The van der Waals surface area contributed by atoms with Gasteiger partial charge in [-0.2, -0.15) is 0 Å². The van der Waals surface area contributed by atoms with Gasteiger partial charge < -0.3 is 0 Å². The number of aryl methyl sites for hydroxylation is 1. The fourth-order valence-electron chi connectivity index (χ4n) is 2.55. The molecule has 1 aliphatic rings. The van der Waals surface area contributed by atoms with Crippen LogP contribution in [-0.4, -0.2) is 4.98 Å². The molecular weight excluding hydrogens is 182 g/mol. The van der Waals surface area contributed by atoms with Crippen molar-refractivity contribution in [3.8, 4) is 0 Å². The van der Waals surface area contributed by atoms with Crippen molar-refractivity contribution in [2.45, 2.75) is 51.4 Å². The normalized spacial score (nSPS) is 18.7. The van der Waals surface area contributed by atoms with Crippen LogP contribution in [0.25, 0.3) is 0 Å². The van der Waals surface area contributed by atoms with Gasteiger partial charge in [0.15, 0.2) is 0 Å². The van der Waals surface area contributed by atoms with Crippen LogP contribution >= 0.6 is 0 Å². The summed E-state index contributed by atoms with van der Waals surface area (Å²) in [4.78, 5) is 4.39. The van der Waals surface area contributed by atoms with E-state index in [1.807, 2.05) is 12.3 Å². The Hall–Kier alpha value is -0.850. The van der Waals surface area contributed by atoms with Crippen LogP contribution in [0.3, 0.4) is 0 Å². The lowest BCUT2D eigenvalue weighted by molar-refractivity contribution is 0.426. The van der Waals surface area contributed by atoms with Crippen molar-refractivity contribution >= 4 is 0 Å². The third kappa shape index (κ3) is 3.65. The van der Waals surface area contributed by atoms with E-state index in [0.717, 1.165) is 5.92 Å². The zero-order valence-electron chi connectivity index (χ0n) is 9.49. The minimum atomic E-state index is 0.967. The Balaban J connectivity index is 1.77. The van der Waals surface area contributed by atoms with Crippen molar-refractivity contribution in [2.24, 2.45) is 5.92 Å². The number of aromatic nitrogens is 1. The monoisotopic (exact) mass is 203 g/mol. The van der Waals surface area contributed by atoms with E-state index in [0.29, 0.717) is 0 Å². The Labute approximate surface area is 92.9 Å². The maximum atomic E-state index is 4.39. The molecule has 15 heavy (non-hydrogen) atoms. The van der Waals surface area contributed by atoms with Crippen LogP contribution in [0.4, 0.5) is 0 Å². The molecule has 1 aliphatic carbocycles. The first-order valence-corrected chi connectivity index (χ1v) is 6.35. The van der Waals surface area contributed by atoms with Crippen LogP contribution < -0.4 is 0 Å². The lowest BCUT2D eigenvalue weighted by Crippen LogP contribution is -2.01. The van der Waals surface area contributed by atoms with Gasteiger partial charge in [-0.15, -0.1) is 0 Å². The number of rotatable bonds is 3. The molecule has 0 saturated heterocycles. The molecule has 0 aliphatic heterocycles. The molecule has 0 N–H and O–H groups in total. The molecule has 2 rings (SSSR count). The standard InChI is InChI=1S/C14H21N/c1-2-4-8-13(7-3-1)10-11-14-9-5-6-12-15-14/h5-6,9,12-13H,1-4,7-8,10-11H2. The molecule has 0 aromatic carbocycles. The van der Waals surface area contributed by atoms with Crippen LogP contribution in [0, 0.1) is 5.92 Å². The smallest absolute Gasteiger partial charge is 0.0403 e. The molecule has 1 aromatic rings. The second kappa shape index (κ2) is 5.89. The zero-order chi connectivity index (χ0) is 10.3. The fraction of sp³-hybridized carbons (Fsp3) is 0.643. The summed E-state index contributed by atoms with van der Waals surface area (Å²) in [5.74, 6) is 0.967. The first-order chi connectivity index (χ1) is 7.45. The van der Waals surface area contributed by atoms with E-state index in [9.17, 15) is 0 Å². The number of hydrogen-bond donors (Lipinski definition) is 0. The molecule has 0 atom stereocenters. The summed E-state index contributed by atoms with van der Waals surface area (Å²) in [6.45, 7) is 0. The zero-order valence-corrected chi connectivity index (χ0v) is 9.49. The third-order valence-electron chi connectivity index (χ3n) is 3.51. The molecule has 1 aromatic heterocycles. The summed E-state index contributed by atoms with van der Waals surface area (Å²) in [7, 11) is 0. The number of nitrogens with zero attached hydrogens (tertiary/aromatic N) is 1. The fourth-order valence-corrected chi connectivity index (χ4v) is 2.55. The van der Waals surface area contributed by atoms with Gasteiger partial charge in [-0.1, -0.05) is 44.6 Å². The lowest BCUT2D eigenvalue weighted by Gasteiger charge is -2.12. The first-order valence-electron chi connectivity index (χ1n) is 6.35. The second-order valence-electron chi connectivity index (χ2n) is 4.72. The Morgan fingerprint density at radius 3 is 2.53 bits per heavy atom. The van der Waals surface area contributed by atoms with Gasteiger partial charge >= 0.3 is 0 Å². The van der Waals surface area contributed by atoms with Gasteiger partial charge in [0.2, 0.25) is 0 Å². The minimum Gasteiger partial charge on any atom is -0.261 e. The quantitative estimate of drug-likeness (QED) is 0.677. The van der Waals surface area contributed by atoms with Gasteiger partial charge in [0, 0.05) is 11.9 Å². The molecule has 0 amide bonds. The molecule has 1 saturated carbocycles. The highest BCUT2D eigenvalue weighted by Crippen LogP contribution is 2.26. The Morgan fingerprint density at radius 2 is 1.87 bits per heavy atom. The van der Waals surface area contributed by atoms with E-state index in [1.165, 1.54) is 57.1 Å². The minimum absolute atomic E-state index is 0.967. The van der Waals surface area contributed by atoms with Crippen molar-refractivity contribution in [2.75, 3.05) is 0 Å². The van der Waals surface area contributed by atoms with Crippen LogP contribution in [-0.2, 0) is 6.42 Å². The summed E-state index contributed by atoms with van der Waals surface area (Å²) in [6.07, 6.45) is 13.1. The van der Waals surface area contributed by atoms with E-state index in [2.05, 4.69) is 17.1 Å². The molecule has 82 valence electrons. The molecule has 0 unspecified atom stereocenters. The summed E-state index contributed by atoms with van der Waals surface area (Å²) in [6, 6.07) is 6.24. The molecular formula is C14H21N. The Morgan fingerprint density at radius 1 is 1.07 bits per heavy atom. The topological polar surface area (TPSA) is 12.9 Å². The molecule has 1 heterocycles. The molecule has 1 heteroatoms. The molecule has 0 spiro atoms. The van der Waals surface area contributed by atoms with Crippen LogP contribution in [0.1, 0.15) is 50.6 Å². The molecule has 1 fully saturated rings. The van der Waals surface area contributed by atoms with Crippen molar-refractivity contribution < 1.29 is 0 Å². The van der Waals surface area contributed by atoms with E-state index in [-0.39, 0.29) is 0 Å². The molecule has 1 nitrogen and oxygen atoms in total. The van der Waals surface area contributed by atoms with Crippen molar-refractivity contribution in [3.63, 3.8) is 0 Å². The van der Waals surface area contributed by atoms with Gasteiger partial charge in [-0.3, -0.25) is 4.98 Å². The van der Waals surface area contributed by atoms with E-state index in [4.69, 9.17) is 0 Å². The van der Waals surface area contributed by atoms with E-state index >= 15 is 0 Å². The summed E-state index contributed by atoms with van der Waals surface area (Å²) in [5, 5.41) is 0. The summed E-state index contributed by atoms with van der Waals surface area (Å²) >= 11 is 0. The highest BCUT2D eigenvalue weighted by molar-refractivity contribution is 5.03. The Kier molecular flexibility index (Phi) is 4.19. The largest absolute Gasteiger partial charge is 0.261 e. The van der Waals surface area contributed by atoms with E-state index < -0.39 is 0 Å². The van der Waals surface area contributed by atoms with Gasteiger partial charge in [0.1, 0.15) is 0 Å². The first kappa shape index (κ1) is 10.7. The van der Waals surface area contributed by atoms with Crippen LogP contribution in [0.2, 0.25) is 0 Å². The summed E-state index contributed by atoms with van der Waals surface area (Å²) in [5.41, 5.74) is 1.27. The predicted octanol–water partition coefficient (Wildman–Crippen LogP) is 3.98. The highest BCUT2D eigenvalue weighted by Gasteiger charge is 2.11. The molecule has 0 radical (unpaired) electrons. The summed E-state index contributed by atoms with van der Waals surface area (Å²) < 4.78 is 0. The van der Waals surface area contributed by atoms with Crippen LogP contribution in [0.5, 0.6) is 0 Å². The second-order valence-corrected chi connectivity index (χ2v) is 4.72. The third-order valence-corrected chi connectivity index (χ3v) is 3.51. The predicted molar refractivity (Wildman–Crippen MR) is 63.8 cm³/mol. The van der Waals surface area contributed by atoms with Crippen molar-refractivity contribution in [1.29, 1.82) is 0 Å². The SMILES string of the molecule is c1ccc(CCC2CCCCCC2)nc1. The van der Waals surface area contributed by atoms with E-state index in [1.54, 1.807) is 0 Å². The van der Waals surface area contributed by atoms with Crippen molar-refractivity contribution in [3.05, 3.63) is 30.1 Å².